The summed E-state index contributed by atoms with van der Waals surface area (Å²) in [5.41, 5.74) is 25.4. The summed E-state index contributed by atoms with van der Waals surface area (Å²) in [6.07, 6.45) is 1.85. The molecule has 0 aliphatic carbocycles. The van der Waals surface area contributed by atoms with Crippen molar-refractivity contribution in [2.75, 3.05) is 0 Å². The molecule has 0 atom stereocenters. The summed E-state index contributed by atoms with van der Waals surface area (Å²) in [6.45, 7) is 0. The van der Waals surface area contributed by atoms with Crippen LogP contribution in [0.3, 0.4) is 0 Å². The third kappa shape index (κ3) is 9.06. The Kier molecular flexibility index (Phi) is 12.8. The number of hydrogen-bond acceptors (Lipinski definition) is 4. The first-order valence-electron chi connectivity index (χ1n) is 33.7. The van der Waals surface area contributed by atoms with Gasteiger partial charge in [0.25, 0.3) is 0 Å². The number of rotatable bonds is 7. The van der Waals surface area contributed by atoms with Gasteiger partial charge < -0.3 is 13.7 Å². The van der Waals surface area contributed by atoms with Crippen LogP contribution in [0, 0.1) is 0 Å². The van der Waals surface area contributed by atoms with Crippen LogP contribution in [0.15, 0.2) is 346 Å². The van der Waals surface area contributed by atoms with Crippen LogP contribution >= 0.6 is 0 Å². The van der Waals surface area contributed by atoms with E-state index in [9.17, 15) is 0 Å². The molecule has 460 valence electrons. The molecule has 7 heteroatoms. The average Bonchev–Trinajstić information content (AvgIpc) is 1.73. The number of hydrogen-bond donors (Lipinski definition) is 0. The zero-order valence-electron chi connectivity index (χ0n) is 53.5. The van der Waals surface area contributed by atoms with E-state index in [0.29, 0.717) is 0 Å². The summed E-state index contributed by atoms with van der Waals surface area (Å²) in [5.74, 6) is 0. The van der Waals surface area contributed by atoms with E-state index in [2.05, 4.69) is 341 Å². The Bertz CT molecular complexity index is 6770. The molecule has 0 aliphatic rings. The fraction of sp³-hybridized carbons (Fsp3) is 0. The van der Waals surface area contributed by atoms with E-state index in [-0.39, 0.29) is 0 Å². The molecule has 14 aromatic carbocycles. The van der Waals surface area contributed by atoms with Crippen molar-refractivity contribution in [3.05, 3.63) is 346 Å². The summed E-state index contributed by atoms with van der Waals surface area (Å²) in [4.78, 5) is 20.2. The summed E-state index contributed by atoms with van der Waals surface area (Å²) in [5, 5.41) is 14.2. The lowest BCUT2D eigenvalue weighted by Gasteiger charge is -2.15. The number of nitrogens with zero attached hydrogens (tertiary/aromatic N) is 7. The Morgan fingerprint density at radius 3 is 1.19 bits per heavy atom. The van der Waals surface area contributed by atoms with Gasteiger partial charge in [0.2, 0.25) is 0 Å². The second-order valence-corrected chi connectivity index (χ2v) is 25.6. The SMILES string of the molecule is c1ccc(-c2ccc3ccc4c(-c5ccc(-n6c7ccccc7c7cc(-n8c9ccccc9c9ccccc98)ccc76)cc5)c5ccccc5nc4c3n2)cc1.c1ccc(-n2c3ccccc3c3cc(-c4ccc(-c5c6ccccc6nc6c5ccc5cccnc56)cc4)ccc32)cc1. The molecule has 0 radical (unpaired) electrons. The second-order valence-electron chi connectivity index (χ2n) is 25.6. The fourth-order valence-electron chi connectivity index (χ4n) is 15.6. The fourth-order valence-corrected chi connectivity index (χ4v) is 15.6. The molecule has 7 aromatic heterocycles. The van der Waals surface area contributed by atoms with Gasteiger partial charge in [-0.3, -0.25) is 4.98 Å². The van der Waals surface area contributed by atoms with Crippen molar-refractivity contribution in [1.82, 2.24) is 33.6 Å². The molecule has 0 bridgehead atoms. The largest absolute Gasteiger partial charge is 0.309 e. The molecule has 21 rings (SSSR count). The van der Waals surface area contributed by atoms with Crippen LogP contribution in [-0.2, 0) is 0 Å². The monoisotopic (exact) mass is 1260 g/mol. The predicted octanol–water partition coefficient (Wildman–Crippen LogP) is 23.8. The Balaban J connectivity index is 0.000000139. The number of benzene rings is 14. The lowest BCUT2D eigenvalue weighted by atomic mass is 9.93. The van der Waals surface area contributed by atoms with Crippen molar-refractivity contribution in [1.29, 1.82) is 0 Å². The number of fused-ring (bicyclic) bond motifs is 17. The maximum atomic E-state index is 5.24. The quantitative estimate of drug-likeness (QED) is 0.118. The molecular weight excluding hydrogens is 1200 g/mol. The van der Waals surface area contributed by atoms with Gasteiger partial charge in [-0.05, 0) is 125 Å². The molecule has 0 spiro atoms. The van der Waals surface area contributed by atoms with Crippen LogP contribution in [0.2, 0.25) is 0 Å². The number of para-hydroxylation sites is 7. The van der Waals surface area contributed by atoms with E-state index >= 15 is 0 Å². The van der Waals surface area contributed by atoms with Crippen LogP contribution in [0.4, 0.5) is 0 Å². The normalized spacial score (nSPS) is 11.8. The molecular formula is C92H57N7. The zero-order chi connectivity index (χ0) is 65.1. The van der Waals surface area contributed by atoms with Crippen LogP contribution in [0.1, 0.15) is 0 Å². The van der Waals surface area contributed by atoms with Gasteiger partial charge in [-0.1, -0.05) is 237 Å². The van der Waals surface area contributed by atoms with Crippen molar-refractivity contribution in [3.63, 3.8) is 0 Å². The predicted molar refractivity (Wildman–Crippen MR) is 414 cm³/mol. The summed E-state index contributed by atoms with van der Waals surface area (Å²) < 4.78 is 7.15. The Morgan fingerprint density at radius 2 is 0.606 bits per heavy atom. The van der Waals surface area contributed by atoms with Gasteiger partial charge in [0.05, 0.1) is 71.9 Å². The first kappa shape index (κ1) is 56.0. The van der Waals surface area contributed by atoms with Crippen LogP contribution < -0.4 is 0 Å². The standard InChI is InChI=1S/C52H32N4.C40H25N3/c1-2-12-33(13-3-1)44-30-25-35-24-29-42-50(41-17-4-8-18-45(41)54-52(42)51(35)53-44)34-22-26-36(27-23-34)55-48-21-11-7-16-40(48)43-32-37(28-31-49(43)55)56-46-19-9-5-14-38(46)39-15-6-10-20-47(39)56;1-2-10-30(11-3-1)43-36-15-7-5-12-31(36)34-25-29(21-23-37(34)43)26-16-18-27(19-17-26)38-32-13-4-6-14-35(32)42-40-33(38)22-20-28-9-8-24-41-39(28)40/h1-32H;1-25H. The van der Waals surface area contributed by atoms with Crippen molar-refractivity contribution >= 4 is 131 Å². The minimum atomic E-state index is 0.915. The summed E-state index contributed by atoms with van der Waals surface area (Å²) >= 11 is 0. The molecule has 0 saturated carbocycles. The zero-order valence-corrected chi connectivity index (χ0v) is 53.5. The Hall–Kier alpha value is -13.4. The van der Waals surface area contributed by atoms with Gasteiger partial charge >= 0.3 is 0 Å². The van der Waals surface area contributed by atoms with Crippen molar-refractivity contribution in [3.8, 4) is 61.7 Å². The van der Waals surface area contributed by atoms with Crippen LogP contribution in [0.5, 0.6) is 0 Å². The molecule has 7 heterocycles. The molecule has 0 amide bonds. The lowest BCUT2D eigenvalue weighted by molar-refractivity contribution is 1.17. The van der Waals surface area contributed by atoms with E-state index in [1.54, 1.807) is 0 Å². The second kappa shape index (κ2) is 22.7. The lowest BCUT2D eigenvalue weighted by Crippen LogP contribution is -1.96. The van der Waals surface area contributed by atoms with E-state index in [1.807, 2.05) is 18.3 Å². The third-order valence-electron chi connectivity index (χ3n) is 20.1. The molecule has 0 fully saturated rings. The summed E-state index contributed by atoms with van der Waals surface area (Å²) in [7, 11) is 0. The van der Waals surface area contributed by atoms with Crippen molar-refractivity contribution < 1.29 is 0 Å². The highest BCUT2D eigenvalue weighted by Crippen LogP contribution is 2.43. The van der Waals surface area contributed by atoms with Gasteiger partial charge in [-0.2, -0.15) is 0 Å². The first-order valence-corrected chi connectivity index (χ1v) is 33.7. The van der Waals surface area contributed by atoms with Crippen molar-refractivity contribution in [2.45, 2.75) is 0 Å². The average molecular weight is 1260 g/mol. The van der Waals surface area contributed by atoms with E-state index in [4.69, 9.17) is 19.9 Å². The van der Waals surface area contributed by atoms with Gasteiger partial charge in [-0.15, -0.1) is 0 Å². The number of pyridine rings is 4. The highest BCUT2D eigenvalue weighted by atomic mass is 15.0. The smallest absolute Gasteiger partial charge is 0.0978 e. The maximum Gasteiger partial charge on any atom is 0.0978 e. The van der Waals surface area contributed by atoms with Crippen LogP contribution in [-0.4, -0.2) is 33.6 Å². The minimum absolute atomic E-state index is 0.915. The molecule has 7 nitrogen and oxygen atoms in total. The highest BCUT2D eigenvalue weighted by Gasteiger charge is 2.21. The van der Waals surface area contributed by atoms with E-state index < -0.39 is 0 Å². The topological polar surface area (TPSA) is 66.3 Å². The van der Waals surface area contributed by atoms with Gasteiger partial charge in [0.1, 0.15) is 0 Å². The molecule has 21 aromatic rings. The van der Waals surface area contributed by atoms with Gasteiger partial charge in [0.15, 0.2) is 0 Å². The minimum Gasteiger partial charge on any atom is -0.309 e. The Morgan fingerprint density at radius 1 is 0.202 bits per heavy atom. The summed E-state index contributed by atoms with van der Waals surface area (Å²) in [6, 6.07) is 122. The molecule has 0 saturated heterocycles. The van der Waals surface area contributed by atoms with Gasteiger partial charge in [0, 0.05) is 105 Å². The highest BCUT2D eigenvalue weighted by molar-refractivity contribution is 6.19. The van der Waals surface area contributed by atoms with Gasteiger partial charge in [-0.25, -0.2) is 15.0 Å². The Labute approximate surface area is 568 Å². The van der Waals surface area contributed by atoms with E-state index in [0.717, 1.165) is 93.6 Å². The molecule has 0 unspecified atom stereocenters. The molecule has 0 aliphatic heterocycles. The first-order chi connectivity index (χ1) is 49.1. The third-order valence-corrected chi connectivity index (χ3v) is 20.1. The van der Waals surface area contributed by atoms with E-state index in [1.165, 1.54) is 98.9 Å². The maximum absolute atomic E-state index is 5.24. The van der Waals surface area contributed by atoms with Crippen molar-refractivity contribution in [2.24, 2.45) is 0 Å². The molecule has 99 heavy (non-hydrogen) atoms. The number of aromatic nitrogens is 7. The van der Waals surface area contributed by atoms with Crippen LogP contribution in [0.25, 0.3) is 193 Å². The molecule has 0 N–H and O–H groups in total.